The molecular weight excluding hydrogens is 440 g/mol. The molecule has 2 aliphatic rings. The molecule has 1 aliphatic heterocycles. The van der Waals surface area contributed by atoms with Gasteiger partial charge in [0.2, 0.25) is 6.17 Å². The summed E-state index contributed by atoms with van der Waals surface area (Å²) in [6, 6.07) is 15.6. The summed E-state index contributed by atoms with van der Waals surface area (Å²) >= 11 is 11.9. The maximum atomic E-state index is 13.3. The number of carbonyl (C=O) groups excluding carboxylic acids is 1. The maximum absolute atomic E-state index is 13.3. The number of thiocarbonyl (C=S) groups is 1. The van der Waals surface area contributed by atoms with Gasteiger partial charge in [-0.25, -0.2) is 4.99 Å². The fourth-order valence-electron chi connectivity index (χ4n) is 4.59. The number of likely N-dealkylation sites (N-methyl/N-ethyl adjacent to an activating group) is 1. The van der Waals surface area contributed by atoms with E-state index in [0.29, 0.717) is 21.8 Å². The monoisotopic (exact) mass is 468 g/mol. The summed E-state index contributed by atoms with van der Waals surface area (Å²) in [6.07, 6.45) is 5.46. The lowest BCUT2D eigenvalue weighted by Crippen LogP contribution is -2.52. The molecule has 2 aromatic carbocycles. The van der Waals surface area contributed by atoms with Gasteiger partial charge in [-0.05, 0) is 56.1 Å². The van der Waals surface area contributed by atoms with Crippen LogP contribution in [0.2, 0.25) is 5.02 Å². The first-order valence-electron chi connectivity index (χ1n) is 11.2. The van der Waals surface area contributed by atoms with Gasteiger partial charge in [-0.3, -0.25) is 4.79 Å². The third kappa shape index (κ3) is 4.97. The molecule has 1 amide bonds. The van der Waals surface area contributed by atoms with E-state index in [1.165, 1.54) is 32.1 Å². The Morgan fingerprint density at radius 1 is 1.16 bits per heavy atom. The Hall–Kier alpha value is -2.44. The van der Waals surface area contributed by atoms with Gasteiger partial charge in [-0.2, -0.15) is 0 Å². The van der Waals surface area contributed by atoms with Crippen LogP contribution < -0.4 is 15.5 Å². The van der Waals surface area contributed by atoms with Gasteiger partial charge in [0.25, 0.3) is 5.91 Å². The second kappa shape index (κ2) is 10.0. The minimum absolute atomic E-state index is 0.172. The number of benzene rings is 2. The second-order valence-corrected chi connectivity index (χ2v) is 9.45. The summed E-state index contributed by atoms with van der Waals surface area (Å²) in [6.45, 7) is 2.17. The quantitative estimate of drug-likeness (QED) is 0.626. The third-order valence-corrected chi connectivity index (χ3v) is 6.90. The van der Waals surface area contributed by atoms with Gasteiger partial charge in [-0.1, -0.05) is 61.2 Å². The number of fused-ring (bicyclic) bond motifs is 1. The summed E-state index contributed by atoms with van der Waals surface area (Å²) in [5.41, 5.74) is 3.21. The molecule has 0 spiro atoms. The molecule has 7 heteroatoms. The number of benzodiazepines with no additional fused rings is 1. The third-order valence-electron chi connectivity index (χ3n) is 6.43. The van der Waals surface area contributed by atoms with Crippen molar-refractivity contribution in [2.24, 2.45) is 10.9 Å². The number of aliphatic imine (C=N–C) groups is 1. The molecule has 2 aromatic rings. The number of hydrogen-bond donors (Lipinski definition) is 2. The van der Waals surface area contributed by atoms with Crippen LogP contribution in [0.5, 0.6) is 0 Å². The Kier molecular flexibility index (Phi) is 7.11. The van der Waals surface area contributed by atoms with Gasteiger partial charge in [0, 0.05) is 29.2 Å². The van der Waals surface area contributed by atoms with E-state index in [1.807, 2.05) is 42.5 Å². The molecule has 1 saturated carbocycles. The van der Waals surface area contributed by atoms with Crippen molar-refractivity contribution in [1.29, 1.82) is 0 Å². The zero-order valence-electron chi connectivity index (χ0n) is 18.5. The molecule has 1 heterocycles. The number of rotatable bonds is 4. The lowest BCUT2D eigenvalue weighted by Gasteiger charge is -2.30. The van der Waals surface area contributed by atoms with Crippen molar-refractivity contribution in [3.8, 4) is 0 Å². The number of amides is 1. The summed E-state index contributed by atoms with van der Waals surface area (Å²) in [5, 5.41) is 7.61. The van der Waals surface area contributed by atoms with Crippen molar-refractivity contribution in [2.45, 2.75) is 51.2 Å². The molecule has 0 radical (unpaired) electrons. The average molecular weight is 469 g/mol. The first kappa shape index (κ1) is 22.7. The number of anilines is 1. The fraction of sp³-hybridized carbons (Fsp3) is 0.400. The van der Waals surface area contributed by atoms with Crippen LogP contribution in [-0.4, -0.2) is 36.0 Å². The van der Waals surface area contributed by atoms with Gasteiger partial charge in [-0.15, -0.1) is 0 Å². The number of nitrogens with one attached hydrogen (secondary N) is 2. The second-order valence-electron chi connectivity index (χ2n) is 8.61. The topological polar surface area (TPSA) is 56.7 Å². The van der Waals surface area contributed by atoms with Crippen molar-refractivity contribution in [2.75, 3.05) is 11.9 Å². The molecule has 5 nitrogen and oxygen atoms in total. The molecule has 0 saturated heterocycles. The summed E-state index contributed by atoms with van der Waals surface area (Å²) in [5.74, 6) is 0.430. The van der Waals surface area contributed by atoms with Gasteiger partial charge in [0.1, 0.15) is 0 Å². The zero-order chi connectivity index (χ0) is 22.7. The van der Waals surface area contributed by atoms with Crippen LogP contribution in [-0.2, 0) is 4.79 Å². The lowest BCUT2D eigenvalue weighted by atomic mass is 9.85. The Morgan fingerprint density at radius 2 is 1.88 bits per heavy atom. The predicted octanol–water partition coefficient (Wildman–Crippen LogP) is 4.91. The first-order valence-corrected chi connectivity index (χ1v) is 12.0. The molecule has 0 bridgehead atoms. The lowest BCUT2D eigenvalue weighted by molar-refractivity contribution is -0.119. The molecule has 2 atom stereocenters. The summed E-state index contributed by atoms with van der Waals surface area (Å²) < 4.78 is 0. The molecule has 1 aliphatic carbocycles. The van der Waals surface area contributed by atoms with Crippen LogP contribution in [0.3, 0.4) is 0 Å². The zero-order valence-corrected chi connectivity index (χ0v) is 20.0. The van der Waals surface area contributed by atoms with Crippen molar-refractivity contribution in [1.82, 2.24) is 10.6 Å². The Bertz CT molecular complexity index is 1020. The minimum atomic E-state index is -0.833. The smallest absolute Gasteiger partial charge is 0.272 e. The van der Waals surface area contributed by atoms with Crippen molar-refractivity contribution < 1.29 is 4.79 Å². The predicted molar refractivity (Wildman–Crippen MR) is 136 cm³/mol. The molecular formula is C25H29ClN4OS. The maximum Gasteiger partial charge on any atom is 0.272 e. The highest BCUT2D eigenvalue weighted by Crippen LogP contribution is 2.30. The largest absolute Gasteiger partial charge is 0.360 e. The Labute approximate surface area is 200 Å². The number of hydrogen-bond acceptors (Lipinski definition) is 3. The molecule has 4 rings (SSSR count). The minimum Gasteiger partial charge on any atom is -0.360 e. The van der Waals surface area contributed by atoms with Crippen LogP contribution in [0, 0.1) is 5.92 Å². The van der Waals surface area contributed by atoms with Crippen molar-refractivity contribution in [3.05, 3.63) is 64.7 Å². The van der Waals surface area contributed by atoms with Crippen molar-refractivity contribution in [3.63, 3.8) is 0 Å². The van der Waals surface area contributed by atoms with Gasteiger partial charge < -0.3 is 15.5 Å². The summed E-state index contributed by atoms with van der Waals surface area (Å²) in [7, 11) is 1.76. The van der Waals surface area contributed by atoms with E-state index in [1.54, 1.807) is 18.0 Å². The molecule has 0 aromatic heterocycles. The SMILES string of the molecule is CC(NC(=S)NC1N=C(c2ccccc2)c2cc(Cl)ccc2N(C)C1=O)C1CCCCC1. The van der Waals surface area contributed by atoms with Gasteiger partial charge in [0.05, 0.1) is 11.4 Å². The average Bonchev–Trinajstić information content (AvgIpc) is 2.90. The van der Waals surface area contributed by atoms with E-state index in [9.17, 15) is 4.79 Å². The highest BCUT2D eigenvalue weighted by molar-refractivity contribution is 7.80. The molecule has 32 heavy (non-hydrogen) atoms. The van der Waals surface area contributed by atoms with Crippen LogP contribution in [0.4, 0.5) is 5.69 Å². The van der Waals surface area contributed by atoms with Gasteiger partial charge in [0.15, 0.2) is 5.11 Å². The fourth-order valence-corrected chi connectivity index (χ4v) is 5.06. The van der Waals surface area contributed by atoms with E-state index < -0.39 is 6.17 Å². The van der Waals surface area contributed by atoms with Crippen LogP contribution >= 0.6 is 23.8 Å². The van der Waals surface area contributed by atoms with Crippen LogP contribution in [0.25, 0.3) is 0 Å². The number of nitrogens with zero attached hydrogens (tertiary/aromatic N) is 2. The molecule has 2 N–H and O–H groups in total. The van der Waals surface area contributed by atoms with Crippen molar-refractivity contribution >= 4 is 46.2 Å². The van der Waals surface area contributed by atoms with Gasteiger partial charge >= 0.3 is 0 Å². The van der Waals surface area contributed by atoms with Crippen LogP contribution in [0.15, 0.2) is 53.5 Å². The van der Waals surface area contributed by atoms with E-state index in [0.717, 1.165) is 16.8 Å². The number of carbonyl (C=O) groups is 1. The van der Waals surface area contributed by atoms with E-state index in [-0.39, 0.29) is 11.9 Å². The molecule has 168 valence electrons. The normalized spacial score (nSPS) is 20.1. The van der Waals surface area contributed by atoms with E-state index in [2.05, 4.69) is 17.6 Å². The Balaban J connectivity index is 1.62. The first-order chi connectivity index (χ1) is 15.4. The Morgan fingerprint density at radius 3 is 2.59 bits per heavy atom. The highest BCUT2D eigenvalue weighted by Gasteiger charge is 2.31. The molecule has 1 fully saturated rings. The standard InChI is InChI=1S/C25H29ClN4OS/c1-16(17-9-5-3-6-10-17)27-25(32)29-23-24(31)30(2)21-14-13-19(26)15-20(21)22(28-23)18-11-7-4-8-12-18/h4,7-8,11-17,23H,3,5-6,9-10H2,1-2H3,(H2,27,29,32). The van der Waals surface area contributed by atoms with E-state index >= 15 is 0 Å². The van der Waals surface area contributed by atoms with E-state index in [4.69, 9.17) is 28.8 Å². The number of halogens is 1. The molecule has 2 unspecified atom stereocenters. The van der Waals surface area contributed by atoms with Crippen LogP contribution in [0.1, 0.15) is 50.2 Å². The summed E-state index contributed by atoms with van der Waals surface area (Å²) in [4.78, 5) is 19.8. The highest BCUT2D eigenvalue weighted by atomic mass is 35.5.